The molecule has 0 aliphatic carbocycles. The smallest absolute Gasteiger partial charge is 0.310 e. The SMILES string of the molecule is C=CCN(C(=O)[C@@H]1N([C@H](C)CO)C(=O)[C@H]2[C@H](C(=O)O)[C@@H]3CC[C@]12O3)C(C)C. The Bertz CT molecular complexity index is 665. The van der Waals surface area contributed by atoms with Gasteiger partial charge in [0, 0.05) is 12.6 Å². The molecule has 3 saturated heterocycles. The predicted molar refractivity (Wildman–Crippen MR) is 95.7 cm³/mol. The van der Waals surface area contributed by atoms with E-state index in [4.69, 9.17) is 4.74 Å². The molecule has 2 N–H and O–H groups in total. The molecule has 3 rings (SSSR count). The molecule has 2 bridgehead atoms. The molecule has 0 aromatic heterocycles. The van der Waals surface area contributed by atoms with E-state index in [1.54, 1.807) is 17.9 Å². The fourth-order valence-electron chi connectivity index (χ4n) is 5.07. The zero-order chi connectivity index (χ0) is 20.1. The molecule has 3 fully saturated rings. The van der Waals surface area contributed by atoms with Crippen LogP contribution in [0, 0.1) is 11.8 Å². The highest BCUT2D eigenvalue weighted by Crippen LogP contribution is 2.58. The second-order valence-electron chi connectivity index (χ2n) is 8.04. The highest BCUT2D eigenvalue weighted by atomic mass is 16.5. The van der Waals surface area contributed by atoms with E-state index in [0.717, 1.165) is 0 Å². The van der Waals surface area contributed by atoms with Gasteiger partial charge in [-0.3, -0.25) is 14.4 Å². The minimum absolute atomic E-state index is 0.124. The van der Waals surface area contributed by atoms with Gasteiger partial charge in [-0.15, -0.1) is 6.58 Å². The van der Waals surface area contributed by atoms with Crippen LogP contribution < -0.4 is 0 Å². The minimum atomic E-state index is -1.14. The van der Waals surface area contributed by atoms with E-state index in [2.05, 4.69) is 6.58 Å². The van der Waals surface area contributed by atoms with Crippen molar-refractivity contribution in [3.05, 3.63) is 12.7 Å². The molecule has 27 heavy (non-hydrogen) atoms. The lowest BCUT2D eigenvalue weighted by Gasteiger charge is -2.39. The van der Waals surface area contributed by atoms with Crippen LogP contribution in [0.5, 0.6) is 0 Å². The lowest BCUT2D eigenvalue weighted by atomic mass is 9.70. The van der Waals surface area contributed by atoms with E-state index >= 15 is 0 Å². The second-order valence-corrected chi connectivity index (χ2v) is 8.04. The first-order chi connectivity index (χ1) is 12.7. The van der Waals surface area contributed by atoms with E-state index in [1.165, 1.54) is 4.90 Å². The van der Waals surface area contributed by atoms with Crippen LogP contribution in [0.2, 0.25) is 0 Å². The van der Waals surface area contributed by atoms with Gasteiger partial charge in [-0.2, -0.15) is 0 Å². The van der Waals surface area contributed by atoms with Crippen molar-refractivity contribution in [2.24, 2.45) is 11.8 Å². The maximum Gasteiger partial charge on any atom is 0.310 e. The van der Waals surface area contributed by atoms with Gasteiger partial charge >= 0.3 is 5.97 Å². The highest BCUT2D eigenvalue weighted by Gasteiger charge is 2.75. The lowest BCUT2D eigenvalue weighted by Crippen LogP contribution is -2.59. The zero-order valence-electron chi connectivity index (χ0n) is 16.0. The lowest BCUT2D eigenvalue weighted by molar-refractivity contribution is -0.153. The van der Waals surface area contributed by atoms with Crippen LogP contribution in [0.15, 0.2) is 12.7 Å². The van der Waals surface area contributed by atoms with Crippen LogP contribution in [-0.4, -0.2) is 80.8 Å². The normalized spacial score (nSPS) is 35.4. The number of likely N-dealkylation sites (tertiary alicyclic amines) is 1. The van der Waals surface area contributed by atoms with E-state index < -0.39 is 47.5 Å². The Kier molecular flexibility index (Phi) is 5.07. The highest BCUT2D eigenvalue weighted by molar-refractivity contribution is 5.98. The summed E-state index contributed by atoms with van der Waals surface area (Å²) in [7, 11) is 0. The zero-order valence-corrected chi connectivity index (χ0v) is 16.0. The number of amides is 2. The van der Waals surface area contributed by atoms with Crippen molar-refractivity contribution in [1.29, 1.82) is 0 Å². The molecule has 2 amide bonds. The Morgan fingerprint density at radius 2 is 2.11 bits per heavy atom. The van der Waals surface area contributed by atoms with Crippen molar-refractivity contribution in [3.63, 3.8) is 0 Å². The van der Waals surface area contributed by atoms with Crippen LogP contribution in [0.25, 0.3) is 0 Å². The molecule has 0 unspecified atom stereocenters. The van der Waals surface area contributed by atoms with Crippen LogP contribution in [0.3, 0.4) is 0 Å². The molecular weight excluding hydrogens is 352 g/mol. The number of carbonyl (C=O) groups excluding carboxylic acids is 2. The summed E-state index contributed by atoms with van der Waals surface area (Å²) in [5.74, 6) is -3.62. The monoisotopic (exact) mass is 380 g/mol. The minimum Gasteiger partial charge on any atom is -0.481 e. The number of hydrogen-bond acceptors (Lipinski definition) is 5. The number of aliphatic hydroxyl groups is 1. The Balaban J connectivity index is 2.09. The van der Waals surface area contributed by atoms with Gasteiger partial charge in [0.15, 0.2) is 0 Å². The van der Waals surface area contributed by atoms with Gasteiger partial charge in [-0.25, -0.2) is 0 Å². The number of aliphatic hydroxyl groups excluding tert-OH is 1. The molecule has 0 aromatic carbocycles. The number of carbonyl (C=O) groups is 3. The van der Waals surface area contributed by atoms with Gasteiger partial charge in [0.25, 0.3) is 0 Å². The van der Waals surface area contributed by atoms with Gasteiger partial charge in [0.05, 0.1) is 30.6 Å². The van der Waals surface area contributed by atoms with Crippen molar-refractivity contribution in [2.75, 3.05) is 13.2 Å². The Hall–Kier alpha value is -1.93. The summed E-state index contributed by atoms with van der Waals surface area (Å²) in [5, 5.41) is 19.4. The summed E-state index contributed by atoms with van der Waals surface area (Å²) in [6.45, 7) is 9.11. The van der Waals surface area contributed by atoms with E-state index in [0.29, 0.717) is 19.4 Å². The topological polar surface area (TPSA) is 107 Å². The van der Waals surface area contributed by atoms with Crippen LogP contribution in [0.4, 0.5) is 0 Å². The van der Waals surface area contributed by atoms with E-state index in [9.17, 15) is 24.6 Å². The maximum absolute atomic E-state index is 13.5. The van der Waals surface area contributed by atoms with Gasteiger partial charge in [0.2, 0.25) is 11.8 Å². The fourth-order valence-corrected chi connectivity index (χ4v) is 5.07. The third-order valence-corrected chi connectivity index (χ3v) is 6.23. The third kappa shape index (κ3) is 2.69. The van der Waals surface area contributed by atoms with Gasteiger partial charge < -0.3 is 24.7 Å². The summed E-state index contributed by atoms with van der Waals surface area (Å²) in [4.78, 5) is 41.6. The number of nitrogens with zero attached hydrogens (tertiary/aromatic N) is 2. The molecule has 150 valence electrons. The van der Waals surface area contributed by atoms with Crippen LogP contribution >= 0.6 is 0 Å². The molecule has 3 aliphatic heterocycles. The molecule has 6 atom stereocenters. The van der Waals surface area contributed by atoms with E-state index in [-0.39, 0.29) is 18.6 Å². The van der Waals surface area contributed by atoms with Crippen molar-refractivity contribution in [2.45, 2.75) is 63.4 Å². The molecule has 8 nitrogen and oxygen atoms in total. The number of rotatable bonds is 7. The summed E-state index contributed by atoms with van der Waals surface area (Å²) in [6, 6.07) is -1.67. The van der Waals surface area contributed by atoms with Crippen LogP contribution in [0.1, 0.15) is 33.6 Å². The average Bonchev–Trinajstić information content (AvgIpc) is 3.25. The predicted octanol–water partition coefficient (Wildman–Crippen LogP) is 0.249. The van der Waals surface area contributed by atoms with Crippen LogP contribution in [-0.2, 0) is 19.1 Å². The number of aliphatic carboxylic acids is 1. The summed E-state index contributed by atoms with van der Waals surface area (Å²) in [5.41, 5.74) is -1.14. The Morgan fingerprint density at radius 1 is 1.44 bits per heavy atom. The molecule has 0 saturated carbocycles. The van der Waals surface area contributed by atoms with Gasteiger partial charge in [-0.1, -0.05) is 6.08 Å². The number of fused-ring (bicyclic) bond motifs is 1. The number of carboxylic acids is 1. The molecule has 3 aliphatic rings. The summed E-state index contributed by atoms with van der Waals surface area (Å²) >= 11 is 0. The van der Waals surface area contributed by atoms with Crippen molar-refractivity contribution in [3.8, 4) is 0 Å². The summed E-state index contributed by atoms with van der Waals surface area (Å²) < 4.78 is 6.10. The standard InChI is InChI=1S/C19H28N2O6/c1-5-8-20(10(2)3)17(24)15-19-7-6-12(27-19)13(18(25)26)14(19)16(23)21(15)11(4)9-22/h5,10-15,22H,1,6-9H2,2-4H3,(H,25,26)/t11-,12+,13-,14-,15+,19-/m1/s1. The number of hydrogen-bond donors (Lipinski definition) is 2. The van der Waals surface area contributed by atoms with Crippen molar-refractivity contribution in [1.82, 2.24) is 9.80 Å². The Morgan fingerprint density at radius 3 is 2.63 bits per heavy atom. The summed E-state index contributed by atoms with van der Waals surface area (Å²) in [6.07, 6.45) is 2.04. The van der Waals surface area contributed by atoms with Gasteiger partial charge in [0.1, 0.15) is 11.6 Å². The Labute approximate surface area is 158 Å². The molecule has 0 radical (unpaired) electrons. The molecular formula is C19H28N2O6. The molecule has 1 spiro atoms. The first-order valence-electron chi connectivity index (χ1n) is 9.46. The second kappa shape index (κ2) is 6.91. The average molecular weight is 380 g/mol. The number of ether oxygens (including phenoxy) is 1. The van der Waals surface area contributed by atoms with E-state index in [1.807, 2.05) is 13.8 Å². The molecule has 3 heterocycles. The number of carboxylic acid groups (broad SMARTS) is 1. The molecule has 8 heteroatoms. The largest absolute Gasteiger partial charge is 0.481 e. The third-order valence-electron chi connectivity index (χ3n) is 6.23. The van der Waals surface area contributed by atoms with Gasteiger partial charge in [-0.05, 0) is 33.6 Å². The first kappa shape index (κ1) is 19.8. The first-order valence-corrected chi connectivity index (χ1v) is 9.46. The van der Waals surface area contributed by atoms with Crippen molar-refractivity contribution < 1.29 is 29.3 Å². The fraction of sp³-hybridized carbons (Fsp3) is 0.737. The molecule has 0 aromatic rings. The quantitative estimate of drug-likeness (QED) is 0.613. The van der Waals surface area contributed by atoms with Crippen molar-refractivity contribution >= 4 is 17.8 Å². The maximum atomic E-state index is 13.5.